The Balaban J connectivity index is 1.68. The third kappa shape index (κ3) is 2.26. The number of carbonyl (C=O) groups is 1. The van der Waals surface area contributed by atoms with Gasteiger partial charge in [-0.1, -0.05) is 18.0 Å². The molecule has 1 aliphatic carbocycles. The van der Waals surface area contributed by atoms with E-state index in [1.807, 2.05) is 0 Å². The molecule has 0 aromatic carbocycles. The number of nitrogens with one attached hydrogen (secondary N) is 2. The summed E-state index contributed by atoms with van der Waals surface area (Å²) in [7, 11) is 0. The number of aromatic nitrogens is 3. The van der Waals surface area contributed by atoms with E-state index in [-0.39, 0.29) is 5.91 Å². The lowest BCUT2D eigenvalue weighted by atomic mass is 9.85. The van der Waals surface area contributed by atoms with Crippen molar-refractivity contribution in [3.05, 3.63) is 27.2 Å². The van der Waals surface area contributed by atoms with Crippen LogP contribution in [0.2, 0.25) is 4.34 Å². The van der Waals surface area contributed by atoms with Crippen molar-refractivity contribution in [2.45, 2.75) is 25.2 Å². The molecule has 0 aliphatic heterocycles. The first-order valence-electron chi connectivity index (χ1n) is 5.70. The Morgan fingerprint density at radius 2 is 2.39 bits per heavy atom. The fourth-order valence-corrected chi connectivity index (χ4v) is 2.66. The third-order valence-electron chi connectivity index (χ3n) is 3.05. The molecule has 2 heterocycles. The van der Waals surface area contributed by atoms with Gasteiger partial charge in [0.1, 0.15) is 5.82 Å². The summed E-state index contributed by atoms with van der Waals surface area (Å²) in [5.74, 6) is 1.42. The summed E-state index contributed by atoms with van der Waals surface area (Å²) < 4.78 is 0.588. The van der Waals surface area contributed by atoms with Crippen LogP contribution in [0.3, 0.4) is 0 Å². The Kier molecular flexibility index (Phi) is 3.05. The van der Waals surface area contributed by atoms with E-state index >= 15 is 0 Å². The number of thiophene rings is 1. The Morgan fingerprint density at radius 1 is 1.56 bits per heavy atom. The third-order valence-corrected chi connectivity index (χ3v) is 4.14. The molecule has 2 N–H and O–H groups in total. The van der Waals surface area contributed by atoms with Crippen LogP contribution in [-0.4, -0.2) is 21.1 Å². The Hall–Kier alpha value is -1.40. The number of amides is 1. The molecule has 0 spiro atoms. The first kappa shape index (κ1) is 11.7. The van der Waals surface area contributed by atoms with Crippen molar-refractivity contribution in [3.8, 4) is 0 Å². The van der Waals surface area contributed by atoms with Crippen LogP contribution in [0, 0.1) is 0 Å². The van der Waals surface area contributed by atoms with E-state index in [2.05, 4.69) is 20.5 Å². The van der Waals surface area contributed by atoms with Crippen molar-refractivity contribution in [3.63, 3.8) is 0 Å². The second-order valence-electron chi connectivity index (χ2n) is 4.27. The van der Waals surface area contributed by atoms with Crippen molar-refractivity contribution in [2.75, 3.05) is 5.32 Å². The monoisotopic (exact) mass is 282 g/mol. The van der Waals surface area contributed by atoms with E-state index in [9.17, 15) is 4.79 Å². The molecular weight excluding hydrogens is 272 g/mol. The highest BCUT2D eigenvalue weighted by atomic mass is 35.5. The molecule has 94 valence electrons. The Bertz CT molecular complexity index is 575. The summed E-state index contributed by atoms with van der Waals surface area (Å²) in [5.41, 5.74) is 0.528. The molecule has 2 aromatic rings. The van der Waals surface area contributed by atoms with E-state index in [0.717, 1.165) is 18.7 Å². The molecule has 0 radical (unpaired) electrons. The maximum absolute atomic E-state index is 11.8. The van der Waals surface area contributed by atoms with E-state index in [1.54, 1.807) is 11.4 Å². The average Bonchev–Trinajstić information content (AvgIpc) is 2.85. The topological polar surface area (TPSA) is 70.7 Å². The van der Waals surface area contributed by atoms with Crippen LogP contribution in [0.5, 0.6) is 0 Å². The van der Waals surface area contributed by atoms with Gasteiger partial charge in [-0.15, -0.1) is 16.4 Å². The second kappa shape index (κ2) is 4.70. The van der Waals surface area contributed by atoms with Gasteiger partial charge in [0.15, 0.2) is 0 Å². The minimum Gasteiger partial charge on any atom is -0.289 e. The van der Waals surface area contributed by atoms with Crippen molar-refractivity contribution in [1.82, 2.24) is 15.2 Å². The van der Waals surface area contributed by atoms with Crippen molar-refractivity contribution in [2.24, 2.45) is 0 Å². The number of aromatic amines is 1. The van der Waals surface area contributed by atoms with Gasteiger partial charge in [0.25, 0.3) is 5.91 Å². The molecule has 1 saturated carbocycles. The first-order valence-corrected chi connectivity index (χ1v) is 6.96. The fourth-order valence-electron chi connectivity index (χ4n) is 1.80. The summed E-state index contributed by atoms with van der Waals surface area (Å²) in [4.78, 5) is 16.1. The fraction of sp³-hybridized carbons (Fsp3) is 0.364. The van der Waals surface area contributed by atoms with Gasteiger partial charge in [0.2, 0.25) is 5.95 Å². The number of carbonyl (C=O) groups excluding carboxylic acids is 1. The number of rotatable bonds is 3. The average molecular weight is 283 g/mol. The van der Waals surface area contributed by atoms with Crippen LogP contribution in [0.25, 0.3) is 0 Å². The van der Waals surface area contributed by atoms with Gasteiger partial charge in [-0.3, -0.25) is 15.2 Å². The van der Waals surface area contributed by atoms with Gasteiger partial charge in [-0.2, -0.15) is 4.98 Å². The zero-order valence-electron chi connectivity index (χ0n) is 9.44. The lowest BCUT2D eigenvalue weighted by molar-refractivity contribution is 0.102. The summed E-state index contributed by atoms with van der Waals surface area (Å²) in [6.45, 7) is 0. The smallest absolute Gasteiger partial charge is 0.258 e. The SMILES string of the molecule is O=C(Nc1n[nH]c(C2CCC2)n1)c1csc(Cl)c1. The molecule has 3 rings (SSSR count). The molecule has 0 unspecified atom stereocenters. The largest absolute Gasteiger partial charge is 0.289 e. The van der Waals surface area contributed by atoms with Crippen LogP contribution in [-0.2, 0) is 0 Å². The van der Waals surface area contributed by atoms with Gasteiger partial charge in [0, 0.05) is 11.3 Å². The Morgan fingerprint density at radius 3 is 3.00 bits per heavy atom. The molecule has 5 nitrogen and oxygen atoms in total. The van der Waals surface area contributed by atoms with E-state index < -0.39 is 0 Å². The van der Waals surface area contributed by atoms with Gasteiger partial charge >= 0.3 is 0 Å². The molecular formula is C11H11ClN4OS. The number of H-pyrrole nitrogens is 1. The van der Waals surface area contributed by atoms with Crippen molar-refractivity contribution < 1.29 is 4.79 Å². The molecule has 2 aromatic heterocycles. The molecule has 0 bridgehead atoms. The summed E-state index contributed by atoms with van der Waals surface area (Å²) >= 11 is 7.10. The van der Waals surface area contributed by atoms with E-state index in [4.69, 9.17) is 11.6 Å². The predicted molar refractivity (Wildman–Crippen MR) is 70.3 cm³/mol. The summed E-state index contributed by atoms with van der Waals surface area (Å²) in [5, 5.41) is 11.2. The minimum atomic E-state index is -0.239. The normalized spacial score (nSPS) is 15.4. The molecule has 1 amide bonds. The Labute approximate surface area is 113 Å². The first-order chi connectivity index (χ1) is 8.72. The summed E-state index contributed by atoms with van der Waals surface area (Å²) in [6.07, 6.45) is 3.52. The molecule has 0 atom stereocenters. The van der Waals surface area contributed by atoms with Crippen LogP contribution in [0.1, 0.15) is 41.4 Å². The van der Waals surface area contributed by atoms with Crippen LogP contribution >= 0.6 is 22.9 Å². The summed E-state index contributed by atoms with van der Waals surface area (Å²) in [6, 6.07) is 1.63. The van der Waals surface area contributed by atoms with Crippen LogP contribution in [0.4, 0.5) is 5.95 Å². The van der Waals surface area contributed by atoms with Crippen LogP contribution in [0.15, 0.2) is 11.4 Å². The lowest BCUT2D eigenvalue weighted by Gasteiger charge is -2.22. The van der Waals surface area contributed by atoms with Gasteiger partial charge in [-0.25, -0.2) is 0 Å². The second-order valence-corrected chi connectivity index (χ2v) is 5.81. The van der Waals surface area contributed by atoms with Crippen molar-refractivity contribution in [1.29, 1.82) is 0 Å². The maximum atomic E-state index is 11.8. The highest BCUT2D eigenvalue weighted by Gasteiger charge is 2.23. The molecule has 0 saturated heterocycles. The number of hydrogen-bond acceptors (Lipinski definition) is 4. The molecule has 7 heteroatoms. The molecule has 1 aliphatic rings. The van der Waals surface area contributed by atoms with Crippen molar-refractivity contribution >= 4 is 34.8 Å². The van der Waals surface area contributed by atoms with E-state index in [0.29, 0.717) is 21.8 Å². The standard InChI is InChI=1S/C11H11ClN4OS/c12-8-4-7(5-18-8)10(17)14-11-13-9(15-16-11)6-2-1-3-6/h4-6H,1-3H2,(H2,13,14,15,16,17). The van der Waals surface area contributed by atoms with Gasteiger partial charge in [-0.05, 0) is 18.9 Å². The highest BCUT2D eigenvalue weighted by Crippen LogP contribution is 2.34. The number of nitrogens with zero attached hydrogens (tertiary/aromatic N) is 2. The zero-order chi connectivity index (χ0) is 12.5. The van der Waals surface area contributed by atoms with Crippen LogP contribution < -0.4 is 5.32 Å². The molecule has 18 heavy (non-hydrogen) atoms. The zero-order valence-corrected chi connectivity index (χ0v) is 11.0. The van der Waals surface area contributed by atoms with Gasteiger partial charge in [0.05, 0.1) is 9.90 Å². The maximum Gasteiger partial charge on any atom is 0.258 e. The number of halogens is 1. The predicted octanol–water partition coefficient (Wildman–Crippen LogP) is 3.04. The van der Waals surface area contributed by atoms with E-state index in [1.165, 1.54) is 17.8 Å². The number of anilines is 1. The molecule has 1 fully saturated rings. The quantitative estimate of drug-likeness (QED) is 0.909. The minimum absolute atomic E-state index is 0.239. The number of hydrogen-bond donors (Lipinski definition) is 2. The highest BCUT2D eigenvalue weighted by molar-refractivity contribution is 7.14. The van der Waals surface area contributed by atoms with Gasteiger partial charge < -0.3 is 0 Å². The lowest BCUT2D eigenvalue weighted by Crippen LogP contribution is -2.13.